The number of nitrogens with one attached hydrogen (secondary N) is 1. The van der Waals surface area contributed by atoms with Crippen LogP contribution in [0.15, 0.2) is 24.4 Å². The van der Waals surface area contributed by atoms with Crippen LogP contribution in [0, 0.1) is 0 Å². The summed E-state index contributed by atoms with van der Waals surface area (Å²) < 4.78 is 7.38. The highest BCUT2D eigenvalue weighted by Crippen LogP contribution is 2.30. The summed E-state index contributed by atoms with van der Waals surface area (Å²) in [5.74, 6) is -0.949. The fourth-order valence-electron chi connectivity index (χ4n) is 3.26. The Labute approximate surface area is 178 Å². The smallest absolute Gasteiger partial charge is 0.279 e. The Morgan fingerprint density at radius 3 is 2.59 bits per heavy atom. The Morgan fingerprint density at radius 2 is 1.97 bits per heavy atom. The Balaban J connectivity index is 1.91. The predicted octanol–water partition coefficient (Wildman–Crippen LogP) is 2.59. The molecule has 156 valence electrons. The zero-order chi connectivity index (χ0) is 21.1. The first-order valence-corrected chi connectivity index (χ1v) is 9.82. The average Bonchev–Trinajstić information content (AvgIpc) is 3.04. The Bertz CT molecular complexity index is 923. The summed E-state index contributed by atoms with van der Waals surface area (Å²) in [7, 11) is 1.64. The molecule has 0 atom stereocenters. The highest BCUT2D eigenvalue weighted by Gasteiger charge is 2.30. The summed E-state index contributed by atoms with van der Waals surface area (Å²) in [5, 5.41) is 9.86. The zero-order valence-electron chi connectivity index (χ0n) is 15.8. The molecule has 0 bridgehead atoms. The lowest BCUT2D eigenvalue weighted by Crippen LogP contribution is -2.43. The fraction of sp³-hybridized carbons (Fsp3) is 0.368. The topological polar surface area (TPSA) is 110 Å². The van der Waals surface area contributed by atoms with Crippen LogP contribution in [0.1, 0.15) is 39.3 Å². The van der Waals surface area contributed by atoms with Gasteiger partial charge in [-0.25, -0.2) is 5.48 Å². The predicted molar refractivity (Wildman–Crippen MR) is 109 cm³/mol. The minimum absolute atomic E-state index is 0.0483. The molecule has 0 aliphatic carbocycles. The molecule has 1 aromatic heterocycles. The molecule has 1 aliphatic rings. The van der Waals surface area contributed by atoms with Crippen molar-refractivity contribution in [3.05, 3.63) is 51.3 Å². The van der Waals surface area contributed by atoms with Crippen LogP contribution in [-0.4, -0.2) is 45.6 Å². The molecule has 2 heterocycles. The molecule has 10 heteroatoms. The van der Waals surface area contributed by atoms with E-state index < -0.39 is 5.91 Å². The van der Waals surface area contributed by atoms with Crippen molar-refractivity contribution in [1.82, 2.24) is 14.9 Å². The lowest BCUT2D eigenvalue weighted by Gasteiger charge is -2.30. The monoisotopic (exact) mass is 440 g/mol. The molecule has 0 spiro atoms. The fourth-order valence-corrected chi connectivity index (χ4v) is 3.58. The number of rotatable bonds is 5. The molecule has 0 unspecified atom stereocenters. The summed E-state index contributed by atoms with van der Waals surface area (Å²) in [6, 6.07) is 5.09. The van der Waals surface area contributed by atoms with Gasteiger partial charge in [0, 0.05) is 32.4 Å². The van der Waals surface area contributed by atoms with Crippen molar-refractivity contribution in [2.24, 2.45) is 12.8 Å². The van der Waals surface area contributed by atoms with Crippen LogP contribution in [-0.2, 0) is 13.7 Å². The normalized spacial score (nSPS) is 14.7. The van der Waals surface area contributed by atoms with E-state index in [1.807, 2.05) is 0 Å². The molecule has 1 saturated heterocycles. The summed E-state index contributed by atoms with van der Waals surface area (Å²) in [5.41, 5.74) is 8.49. The number of piperidine rings is 1. The standard InChI is InChI=1S/C19H22Cl2N4O4/c1-24-9-13(18(26)23-28)17(29-10-11-2-3-14(20)15(21)8-11)16(24)19(27)25-6-4-12(22)5-7-25/h2-3,8-9,12,28H,4-7,10,22H2,1H3,(H,23,26). The van der Waals surface area contributed by atoms with Gasteiger partial charge in [-0.3, -0.25) is 14.8 Å². The van der Waals surface area contributed by atoms with Crippen LogP contribution in [0.3, 0.4) is 0 Å². The number of carbonyl (C=O) groups is 2. The van der Waals surface area contributed by atoms with Gasteiger partial charge < -0.3 is 19.9 Å². The van der Waals surface area contributed by atoms with Gasteiger partial charge in [-0.15, -0.1) is 0 Å². The highest BCUT2D eigenvalue weighted by molar-refractivity contribution is 6.42. The number of nitrogens with two attached hydrogens (primary N) is 1. The minimum Gasteiger partial charge on any atom is -0.486 e. The van der Waals surface area contributed by atoms with Crippen LogP contribution in [0.5, 0.6) is 5.75 Å². The summed E-state index contributed by atoms with van der Waals surface area (Å²) in [6.07, 6.45) is 2.86. The quantitative estimate of drug-likeness (QED) is 0.488. The van der Waals surface area contributed by atoms with E-state index in [9.17, 15) is 9.59 Å². The van der Waals surface area contributed by atoms with E-state index in [4.69, 9.17) is 38.9 Å². The molecular formula is C19H22Cl2N4O4. The largest absolute Gasteiger partial charge is 0.486 e. The maximum atomic E-state index is 13.1. The number of benzene rings is 1. The molecule has 2 aromatic rings. The van der Waals surface area contributed by atoms with E-state index in [0.717, 1.165) is 0 Å². The van der Waals surface area contributed by atoms with Gasteiger partial charge >= 0.3 is 0 Å². The first-order chi connectivity index (χ1) is 13.8. The number of likely N-dealkylation sites (tertiary alicyclic amines) is 1. The van der Waals surface area contributed by atoms with Gasteiger partial charge in [0.2, 0.25) is 0 Å². The van der Waals surface area contributed by atoms with Gasteiger partial charge in [-0.1, -0.05) is 29.3 Å². The average molecular weight is 441 g/mol. The van der Waals surface area contributed by atoms with Gasteiger partial charge in [0.05, 0.1) is 10.0 Å². The molecule has 29 heavy (non-hydrogen) atoms. The number of aryl methyl sites for hydroxylation is 1. The van der Waals surface area contributed by atoms with Crippen molar-refractivity contribution >= 4 is 35.0 Å². The molecule has 1 aromatic carbocycles. The summed E-state index contributed by atoms with van der Waals surface area (Å²) in [6.45, 7) is 1.11. The third kappa shape index (κ3) is 4.67. The third-order valence-corrected chi connectivity index (χ3v) is 5.62. The van der Waals surface area contributed by atoms with Crippen molar-refractivity contribution in [2.75, 3.05) is 13.1 Å². The number of amides is 2. The van der Waals surface area contributed by atoms with Crippen LogP contribution in [0.2, 0.25) is 10.0 Å². The van der Waals surface area contributed by atoms with E-state index in [0.29, 0.717) is 41.5 Å². The second-order valence-corrected chi connectivity index (χ2v) is 7.75. The van der Waals surface area contributed by atoms with Crippen LogP contribution in [0.4, 0.5) is 0 Å². The minimum atomic E-state index is -0.774. The maximum Gasteiger partial charge on any atom is 0.279 e. The highest BCUT2D eigenvalue weighted by atomic mass is 35.5. The number of ether oxygens (including phenoxy) is 1. The van der Waals surface area contributed by atoms with Crippen molar-refractivity contribution in [3.8, 4) is 5.75 Å². The van der Waals surface area contributed by atoms with Gasteiger partial charge in [0.15, 0.2) is 5.75 Å². The SMILES string of the molecule is Cn1cc(C(=O)NO)c(OCc2ccc(Cl)c(Cl)c2)c1C(=O)N1CCC(N)CC1. The Hall–Kier alpha value is -2.26. The molecule has 3 rings (SSSR count). The number of halogens is 2. The first kappa shape index (κ1) is 21.4. The molecular weight excluding hydrogens is 419 g/mol. The molecule has 2 amide bonds. The van der Waals surface area contributed by atoms with Gasteiger partial charge in [0.1, 0.15) is 17.9 Å². The summed E-state index contributed by atoms with van der Waals surface area (Å²) in [4.78, 5) is 26.9. The second-order valence-electron chi connectivity index (χ2n) is 6.94. The number of hydroxylamine groups is 1. The van der Waals surface area contributed by atoms with Gasteiger partial charge in [0.25, 0.3) is 11.8 Å². The Kier molecular flexibility index (Phi) is 6.69. The summed E-state index contributed by atoms with van der Waals surface area (Å²) >= 11 is 12.0. The van der Waals surface area contributed by atoms with E-state index in [2.05, 4.69) is 0 Å². The van der Waals surface area contributed by atoms with E-state index >= 15 is 0 Å². The van der Waals surface area contributed by atoms with E-state index in [1.165, 1.54) is 10.8 Å². The second kappa shape index (κ2) is 9.04. The number of hydrogen-bond donors (Lipinski definition) is 3. The molecule has 8 nitrogen and oxygen atoms in total. The molecule has 4 N–H and O–H groups in total. The number of nitrogens with zero attached hydrogens (tertiary/aromatic N) is 2. The lowest BCUT2D eigenvalue weighted by molar-refractivity contribution is 0.0697. The lowest BCUT2D eigenvalue weighted by atomic mass is 10.1. The van der Waals surface area contributed by atoms with Crippen molar-refractivity contribution in [2.45, 2.75) is 25.5 Å². The molecule has 0 radical (unpaired) electrons. The van der Waals surface area contributed by atoms with E-state index in [-0.39, 0.29) is 35.6 Å². The number of hydrogen-bond acceptors (Lipinski definition) is 5. The Morgan fingerprint density at radius 1 is 1.28 bits per heavy atom. The zero-order valence-corrected chi connectivity index (χ0v) is 17.3. The third-order valence-electron chi connectivity index (χ3n) is 4.88. The van der Waals surface area contributed by atoms with Crippen molar-refractivity contribution in [1.29, 1.82) is 0 Å². The van der Waals surface area contributed by atoms with E-state index in [1.54, 1.807) is 35.6 Å². The first-order valence-electron chi connectivity index (χ1n) is 9.07. The van der Waals surface area contributed by atoms with Crippen LogP contribution < -0.4 is 16.0 Å². The van der Waals surface area contributed by atoms with Crippen LogP contribution >= 0.6 is 23.2 Å². The number of aromatic nitrogens is 1. The van der Waals surface area contributed by atoms with Crippen LogP contribution in [0.25, 0.3) is 0 Å². The number of carbonyl (C=O) groups excluding carboxylic acids is 2. The van der Waals surface area contributed by atoms with Gasteiger partial charge in [-0.2, -0.15) is 0 Å². The molecule has 0 saturated carbocycles. The van der Waals surface area contributed by atoms with Crippen molar-refractivity contribution in [3.63, 3.8) is 0 Å². The van der Waals surface area contributed by atoms with Gasteiger partial charge in [-0.05, 0) is 30.5 Å². The molecule has 1 aliphatic heterocycles. The van der Waals surface area contributed by atoms with Crippen molar-refractivity contribution < 1.29 is 19.5 Å². The molecule has 1 fully saturated rings. The maximum absolute atomic E-state index is 13.1.